The molecule has 7 nitrogen and oxygen atoms in total. The Morgan fingerprint density at radius 1 is 0.947 bits per heavy atom. The van der Waals surface area contributed by atoms with Gasteiger partial charge in [0, 0.05) is 45.8 Å². The third kappa shape index (κ3) is 5.17. The van der Waals surface area contributed by atoms with Crippen molar-refractivity contribution in [3.8, 4) is 11.5 Å². The summed E-state index contributed by atoms with van der Waals surface area (Å²) in [7, 11) is 1.55. The van der Waals surface area contributed by atoms with Crippen LogP contribution in [0.15, 0.2) is 75.8 Å². The lowest BCUT2D eigenvalue weighted by molar-refractivity contribution is -0.240. The van der Waals surface area contributed by atoms with Gasteiger partial charge < -0.3 is 23.9 Å². The number of halogens is 2. The molecule has 0 spiro atoms. The van der Waals surface area contributed by atoms with Crippen molar-refractivity contribution in [2.45, 2.75) is 32.2 Å². The number of carbonyl (C=O) groups is 2. The second-order valence-electron chi connectivity index (χ2n) is 9.43. The standard InChI is InChI=1S/C29H25Br2NO6/c1-29(2)37-27(33)26(28(34)38-29)25(20-14-32-22-7-5-4-6-18(20)22)19-12-23(35-3)24(13-21(19)31)36-15-16-8-10-17(30)11-9-16/h4-14,25-26,32H,15H2,1-3H3/t25-/m0/s1. The molecule has 1 aromatic heterocycles. The number of H-pyrrole nitrogens is 1. The fourth-order valence-corrected chi connectivity index (χ4v) is 5.52. The Morgan fingerprint density at radius 3 is 2.32 bits per heavy atom. The molecule has 196 valence electrons. The normalized spacial score (nSPS) is 16.1. The van der Waals surface area contributed by atoms with Gasteiger partial charge in [0.15, 0.2) is 17.4 Å². The van der Waals surface area contributed by atoms with Crippen LogP contribution in [0.2, 0.25) is 0 Å². The van der Waals surface area contributed by atoms with E-state index in [4.69, 9.17) is 18.9 Å². The molecule has 3 aromatic carbocycles. The first-order valence-electron chi connectivity index (χ1n) is 11.9. The Morgan fingerprint density at radius 2 is 1.63 bits per heavy atom. The summed E-state index contributed by atoms with van der Waals surface area (Å²) in [5, 5.41) is 0.879. The number of aromatic nitrogens is 1. The van der Waals surface area contributed by atoms with Crippen molar-refractivity contribution >= 4 is 54.7 Å². The second kappa shape index (κ2) is 10.5. The maximum Gasteiger partial charge on any atom is 0.324 e. The molecular formula is C29H25Br2NO6. The maximum atomic E-state index is 13.3. The third-order valence-corrected chi connectivity index (χ3v) is 7.63. The van der Waals surface area contributed by atoms with Crippen LogP contribution in [0.25, 0.3) is 10.9 Å². The number of ether oxygens (including phenoxy) is 4. The summed E-state index contributed by atoms with van der Waals surface area (Å²) in [5.41, 5.74) is 3.28. The molecule has 4 aromatic rings. The highest BCUT2D eigenvalue weighted by molar-refractivity contribution is 9.10. The van der Waals surface area contributed by atoms with Crippen LogP contribution in [0, 0.1) is 5.92 Å². The Balaban J connectivity index is 1.59. The highest BCUT2D eigenvalue weighted by Gasteiger charge is 2.49. The van der Waals surface area contributed by atoms with Gasteiger partial charge in [-0.25, -0.2) is 0 Å². The van der Waals surface area contributed by atoms with E-state index >= 15 is 0 Å². The SMILES string of the molecule is COc1cc([C@@H](c2c[nH]c3ccccc23)C2C(=O)OC(C)(C)OC2=O)c(Br)cc1OCc1ccc(Br)cc1. The first-order chi connectivity index (χ1) is 18.2. The van der Waals surface area contributed by atoms with Crippen LogP contribution in [0.5, 0.6) is 11.5 Å². The predicted octanol–water partition coefficient (Wildman–Crippen LogP) is 6.86. The molecule has 2 heterocycles. The van der Waals surface area contributed by atoms with Gasteiger partial charge >= 0.3 is 11.9 Å². The van der Waals surface area contributed by atoms with E-state index in [0.717, 1.165) is 26.5 Å². The number of benzene rings is 3. The maximum absolute atomic E-state index is 13.3. The number of fused-ring (bicyclic) bond motifs is 1. The van der Waals surface area contributed by atoms with Crippen molar-refractivity contribution < 1.29 is 28.5 Å². The third-order valence-electron chi connectivity index (χ3n) is 6.42. The number of hydrogen-bond donors (Lipinski definition) is 1. The lowest BCUT2D eigenvalue weighted by atomic mass is 9.79. The van der Waals surface area contributed by atoms with Crippen LogP contribution < -0.4 is 9.47 Å². The Kier molecular flexibility index (Phi) is 7.24. The minimum absolute atomic E-state index is 0.331. The van der Waals surface area contributed by atoms with Crippen molar-refractivity contribution in [1.82, 2.24) is 4.98 Å². The van der Waals surface area contributed by atoms with Crippen molar-refractivity contribution in [1.29, 1.82) is 0 Å². The van der Waals surface area contributed by atoms with Gasteiger partial charge in [-0.15, -0.1) is 0 Å². The van der Waals surface area contributed by atoms with Crippen molar-refractivity contribution in [2.24, 2.45) is 5.92 Å². The average molecular weight is 643 g/mol. The molecule has 9 heteroatoms. The second-order valence-corrected chi connectivity index (χ2v) is 11.2. The molecule has 5 rings (SSSR count). The van der Waals surface area contributed by atoms with E-state index in [1.165, 1.54) is 13.8 Å². The number of carbonyl (C=O) groups excluding carboxylic acids is 2. The summed E-state index contributed by atoms with van der Waals surface area (Å²) in [6.45, 7) is 3.41. The molecule has 1 atom stereocenters. The van der Waals surface area contributed by atoms with Gasteiger partial charge in [0.1, 0.15) is 6.61 Å². The minimum Gasteiger partial charge on any atom is -0.493 e. The molecule has 1 aliphatic rings. The number of methoxy groups -OCH3 is 1. The fourth-order valence-electron chi connectivity index (χ4n) is 4.68. The molecule has 0 amide bonds. The number of hydrogen-bond acceptors (Lipinski definition) is 6. The van der Waals surface area contributed by atoms with Crippen LogP contribution >= 0.6 is 31.9 Å². The monoisotopic (exact) mass is 641 g/mol. The Bertz CT molecular complexity index is 1490. The van der Waals surface area contributed by atoms with Gasteiger partial charge in [-0.1, -0.05) is 62.2 Å². The molecule has 1 saturated heterocycles. The summed E-state index contributed by atoms with van der Waals surface area (Å²) in [6.07, 6.45) is 1.81. The highest BCUT2D eigenvalue weighted by Crippen LogP contribution is 2.46. The van der Waals surface area contributed by atoms with E-state index in [0.29, 0.717) is 28.1 Å². The summed E-state index contributed by atoms with van der Waals surface area (Å²) in [6, 6.07) is 19.1. The Hall–Kier alpha value is -3.30. The van der Waals surface area contributed by atoms with Crippen LogP contribution in [0.4, 0.5) is 0 Å². The van der Waals surface area contributed by atoms with Crippen LogP contribution in [0.1, 0.15) is 36.5 Å². The Labute approximate surface area is 236 Å². The smallest absolute Gasteiger partial charge is 0.324 e. The highest BCUT2D eigenvalue weighted by atomic mass is 79.9. The molecule has 0 aliphatic carbocycles. The molecule has 0 radical (unpaired) electrons. The van der Waals surface area contributed by atoms with E-state index in [1.54, 1.807) is 19.2 Å². The topological polar surface area (TPSA) is 86.9 Å². The molecule has 0 unspecified atom stereocenters. The quantitative estimate of drug-likeness (QED) is 0.175. The van der Waals surface area contributed by atoms with Crippen molar-refractivity contribution in [3.05, 3.63) is 92.5 Å². The van der Waals surface area contributed by atoms with Gasteiger partial charge in [0.05, 0.1) is 7.11 Å². The number of esters is 2. The minimum atomic E-state index is -1.34. The van der Waals surface area contributed by atoms with Gasteiger partial charge in [-0.3, -0.25) is 9.59 Å². The summed E-state index contributed by atoms with van der Waals surface area (Å²) in [4.78, 5) is 29.8. The van der Waals surface area contributed by atoms with Gasteiger partial charge in [0.2, 0.25) is 0 Å². The van der Waals surface area contributed by atoms with E-state index in [1.807, 2.05) is 54.7 Å². The van der Waals surface area contributed by atoms with Crippen molar-refractivity contribution in [2.75, 3.05) is 7.11 Å². The van der Waals surface area contributed by atoms with Gasteiger partial charge in [0.25, 0.3) is 5.79 Å². The molecule has 1 N–H and O–H groups in total. The molecule has 1 aliphatic heterocycles. The molecule has 0 bridgehead atoms. The predicted molar refractivity (Wildman–Crippen MR) is 149 cm³/mol. The van der Waals surface area contributed by atoms with E-state index in [9.17, 15) is 9.59 Å². The van der Waals surface area contributed by atoms with Crippen molar-refractivity contribution in [3.63, 3.8) is 0 Å². The molecular weight excluding hydrogens is 618 g/mol. The number of cyclic esters (lactones) is 2. The number of aromatic amines is 1. The zero-order chi connectivity index (χ0) is 27.0. The number of nitrogens with one attached hydrogen (secondary N) is 1. The first kappa shape index (κ1) is 26.3. The van der Waals surface area contributed by atoms with Gasteiger partial charge in [-0.05, 0) is 47.0 Å². The van der Waals surface area contributed by atoms with Crippen LogP contribution in [0.3, 0.4) is 0 Å². The van der Waals surface area contributed by atoms with Crippen LogP contribution in [-0.2, 0) is 25.7 Å². The summed E-state index contributed by atoms with van der Waals surface area (Å²) < 4.78 is 24.4. The van der Waals surface area contributed by atoms with E-state index in [2.05, 4.69) is 36.8 Å². The average Bonchev–Trinajstić information content (AvgIpc) is 3.29. The largest absolute Gasteiger partial charge is 0.493 e. The lowest BCUT2D eigenvalue weighted by Gasteiger charge is -2.36. The zero-order valence-corrected chi connectivity index (χ0v) is 24.1. The number of para-hydroxylation sites is 1. The molecule has 1 fully saturated rings. The first-order valence-corrected chi connectivity index (χ1v) is 13.5. The summed E-state index contributed by atoms with van der Waals surface area (Å²) in [5.74, 6) is -3.62. The molecule has 0 saturated carbocycles. The van der Waals surface area contributed by atoms with E-state index < -0.39 is 29.6 Å². The molecule has 38 heavy (non-hydrogen) atoms. The zero-order valence-electron chi connectivity index (χ0n) is 20.9. The number of rotatable bonds is 7. The van der Waals surface area contributed by atoms with Gasteiger partial charge in [-0.2, -0.15) is 0 Å². The van der Waals surface area contributed by atoms with E-state index in [-0.39, 0.29) is 0 Å². The lowest BCUT2D eigenvalue weighted by Crippen LogP contribution is -2.48. The summed E-state index contributed by atoms with van der Waals surface area (Å²) >= 11 is 7.11. The fraction of sp³-hybridized carbons (Fsp3) is 0.241. The van der Waals surface area contributed by atoms with Crippen LogP contribution in [-0.4, -0.2) is 29.8 Å².